The van der Waals surface area contributed by atoms with Crippen LogP contribution >= 0.6 is 11.3 Å². The van der Waals surface area contributed by atoms with Gasteiger partial charge in [0.05, 0.1) is 10.2 Å². The van der Waals surface area contributed by atoms with E-state index in [1.807, 2.05) is 18.2 Å². The number of aromatic nitrogens is 1. The number of fused-ring (bicyclic) bond motifs is 6. The fourth-order valence-corrected chi connectivity index (χ4v) is 5.62. The highest BCUT2D eigenvalue weighted by Crippen LogP contribution is 2.66. The van der Waals surface area contributed by atoms with Gasteiger partial charge < -0.3 is 11.1 Å². The summed E-state index contributed by atoms with van der Waals surface area (Å²) in [5.74, 6) is 3.93. The number of nitrogens with two attached hydrogens (primary N) is 1. The number of anilines is 2. The molecule has 2 aromatic rings. The van der Waals surface area contributed by atoms with Crippen LogP contribution in [-0.4, -0.2) is 11.0 Å². The molecular weight excluding hydrogens is 254 g/mol. The quantitative estimate of drug-likeness (QED) is 0.824. The van der Waals surface area contributed by atoms with Gasteiger partial charge >= 0.3 is 0 Å². The van der Waals surface area contributed by atoms with Crippen LogP contribution in [0.4, 0.5) is 10.8 Å². The number of hydrogen-bond acceptors (Lipinski definition) is 4. The molecule has 1 aromatic heterocycles. The second-order valence-corrected chi connectivity index (χ2v) is 7.43. The minimum Gasteiger partial charge on any atom is -0.399 e. The van der Waals surface area contributed by atoms with Crippen molar-refractivity contribution in [3.63, 3.8) is 0 Å². The molecule has 3 saturated carbocycles. The van der Waals surface area contributed by atoms with Crippen molar-refractivity contribution in [2.45, 2.75) is 25.3 Å². The van der Waals surface area contributed by atoms with Crippen molar-refractivity contribution < 1.29 is 0 Å². The SMILES string of the molecule is Nc1ccc2nc(NC3C4C5CCC(C5)C34)sc2c1. The predicted molar refractivity (Wildman–Crippen MR) is 79.3 cm³/mol. The van der Waals surface area contributed by atoms with E-state index in [2.05, 4.69) is 10.3 Å². The molecule has 3 aliphatic carbocycles. The molecule has 0 aliphatic heterocycles. The third-order valence-corrected chi connectivity index (χ3v) is 6.39. The molecule has 4 heteroatoms. The maximum absolute atomic E-state index is 5.82. The fraction of sp³-hybridized carbons (Fsp3) is 0.533. The largest absolute Gasteiger partial charge is 0.399 e. The van der Waals surface area contributed by atoms with Gasteiger partial charge in [-0.2, -0.15) is 0 Å². The van der Waals surface area contributed by atoms with Gasteiger partial charge in [-0.3, -0.25) is 0 Å². The lowest BCUT2D eigenvalue weighted by Gasteiger charge is -2.08. The lowest BCUT2D eigenvalue weighted by Crippen LogP contribution is -2.12. The Bertz CT molecular complexity index is 648. The van der Waals surface area contributed by atoms with E-state index in [0.29, 0.717) is 6.04 Å². The van der Waals surface area contributed by atoms with Crippen LogP contribution in [0.25, 0.3) is 10.2 Å². The van der Waals surface area contributed by atoms with Crippen LogP contribution in [0.5, 0.6) is 0 Å². The molecule has 0 saturated heterocycles. The molecule has 3 aliphatic rings. The van der Waals surface area contributed by atoms with E-state index < -0.39 is 0 Å². The second kappa shape index (κ2) is 3.42. The number of benzene rings is 1. The highest BCUT2D eigenvalue weighted by atomic mass is 32.1. The third-order valence-electron chi connectivity index (χ3n) is 5.44. The normalized spacial score (nSPS) is 38.6. The summed E-state index contributed by atoms with van der Waals surface area (Å²) in [4.78, 5) is 4.68. The van der Waals surface area contributed by atoms with Gasteiger partial charge in [-0.15, -0.1) is 0 Å². The summed E-state index contributed by atoms with van der Waals surface area (Å²) in [6, 6.07) is 6.68. The van der Waals surface area contributed by atoms with Gasteiger partial charge in [0.25, 0.3) is 0 Å². The van der Waals surface area contributed by atoms with E-state index >= 15 is 0 Å². The predicted octanol–water partition coefficient (Wildman–Crippen LogP) is 3.33. The average molecular weight is 271 g/mol. The molecule has 0 spiro atoms. The number of thiazole rings is 1. The molecule has 3 fully saturated rings. The summed E-state index contributed by atoms with van der Waals surface area (Å²) in [7, 11) is 0. The minimum atomic E-state index is 0.712. The molecule has 4 atom stereocenters. The van der Waals surface area contributed by atoms with Gasteiger partial charge in [0.15, 0.2) is 5.13 Å². The number of nitrogen functional groups attached to an aromatic ring is 1. The van der Waals surface area contributed by atoms with E-state index in [1.54, 1.807) is 11.3 Å². The summed E-state index contributed by atoms with van der Waals surface area (Å²) >= 11 is 1.74. The first-order chi connectivity index (χ1) is 9.29. The maximum Gasteiger partial charge on any atom is 0.184 e. The molecular formula is C15H17N3S. The van der Waals surface area contributed by atoms with Crippen molar-refractivity contribution in [1.82, 2.24) is 4.98 Å². The molecule has 3 nitrogen and oxygen atoms in total. The molecule has 3 N–H and O–H groups in total. The van der Waals surface area contributed by atoms with Crippen LogP contribution in [-0.2, 0) is 0 Å². The average Bonchev–Trinajstić information content (AvgIpc) is 2.79. The topological polar surface area (TPSA) is 50.9 Å². The Kier molecular flexibility index (Phi) is 1.89. The monoisotopic (exact) mass is 271 g/mol. The van der Waals surface area contributed by atoms with Gasteiger partial charge in [0.1, 0.15) is 0 Å². The molecule has 1 aromatic carbocycles. The lowest BCUT2D eigenvalue weighted by molar-refractivity contribution is 0.456. The van der Waals surface area contributed by atoms with E-state index in [-0.39, 0.29) is 0 Å². The summed E-state index contributed by atoms with van der Waals surface area (Å²) in [5.41, 5.74) is 7.71. The standard InChI is InChI=1S/C15H17N3S/c16-9-3-4-10-11(6-9)19-15(17-10)18-14-12-7-1-2-8(5-7)13(12)14/h3-4,6-8,12-14H,1-2,5,16H2,(H,17,18). The molecule has 98 valence electrons. The zero-order valence-electron chi connectivity index (χ0n) is 10.7. The first-order valence-corrected chi connectivity index (χ1v) is 8.04. The zero-order chi connectivity index (χ0) is 12.6. The van der Waals surface area contributed by atoms with Gasteiger partial charge in [-0.1, -0.05) is 11.3 Å². The summed E-state index contributed by atoms with van der Waals surface area (Å²) in [6.45, 7) is 0. The molecule has 1 heterocycles. The van der Waals surface area contributed by atoms with Crippen LogP contribution in [0.15, 0.2) is 18.2 Å². The molecule has 5 rings (SSSR count). The van der Waals surface area contributed by atoms with Crippen molar-refractivity contribution >= 4 is 32.4 Å². The Labute approximate surface area is 116 Å². The van der Waals surface area contributed by atoms with E-state index in [9.17, 15) is 0 Å². The van der Waals surface area contributed by atoms with Gasteiger partial charge in [0, 0.05) is 11.7 Å². The Balaban J connectivity index is 1.41. The number of rotatable bonds is 2. The van der Waals surface area contributed by atoms with Gasteiger partial charge in [0.2, 0.25) is 0 Å². The van der Waals surface area contributed by atoms with Crippen LogP contribution in [0.2, 0.25) is 0 Å². The highest BCUT2D eigenvalue weighted by molar-refractivity contribution is 7.22. The van der Waals surface area contributed by atoms with E-state index in [4.69, 9.17) is 5.73 Å². The zero-order valence-corrected chi connectivity index (χ0v) is 11.5. The van der Waals surface area contributed by atoms with E-state index in [0.717, 1.165) is 40.0 Å². The first kappa shape index (κ1) is 10.5. The lowest BCUT2D eigenvalue weighted by atomic mass is 10.0. The summed E-state index contributed by atoms with van der Waals surface area (Å²) in [6.07, 6.45) is 4.45. The van der Waals surface area contributed by atoms with E-state index in [1.165, 1.54) is 24.0 Å². The molecule has 0 amide bonds. The van der Waals surface area contributed by atoms with Crippen LogP contribution in [0.1, 0.15) is 19.3 Å². The Morgan fingerprint density at radius 1 is 1.21 bits per heavy atom. The van der Waals surface area contributed by atoms with Gasteiger partial charge in [-0.05, 0) is 61.1 Å². The Morgan fingerprint density at radius 2 is 2.00 bits per heavy atom. The molecule has 0 radical (unpaired) electrons. The first-order valence-electron chi connectivity index (χ1n) is 7.22. The molecule has 4 unspecified atom stereocenters. The van der Waals surface area contributed by atoms with Crippen molar-refractivity contribution in [2.75, 3.05) is 11.1 Å². The number of hydrogen-bond donors (Lipinski definition) is 2. The van der Waals surface area contributed by atoms with Crippen molar-refractivity contribution in [3.8, 4) is 0 Å². The Hall–Kier alpha value is -1.29. The summed E-state index contributed by atoms with van der Waals surface area (Å²) < 4.78 is 1.19. The maximum atomic E-state index is 5.82. The molecule has 2 bridgehead atoms. The number of nitrogens with one attached hydrogen (secondary N) is 1. The van der Waals surface area contributed by atoms with Crippen molar-refractivity contribution in [3.05, 3.63) is 18.2 Å². The Morgan fingerprint density at radius 3 is 2.79 bits per heavy atom. The number of nitrogens with zero attached hydrogens (tertiary/aromatic N) is 1. The van der Waals surface area contributed by atoms with Crippen molar-refractivity contribution in [2.24, 2.45) is 23.7 Å². The molecule has 19 heavy (non-hydrogen) atoms. The highest BCUT2D eigenvalue weighted by Gasteiger charge is 2.65. The van der Waals surface area contributed by atoms with Gasteiger partial charge in [-0.25, -0.2) is 4.98 Å². The second-order valence-electron chi connectivity index (χ2n) is 6.40. The van der Waals surface area contributed by atoms with Crippen molar-refractivity contribution in [1.29, 1.82) is 0 Å². The minimum absolute atomic E-state index is 0.712. The fourth-order valence-electron chi connectivity index (χ4n) is 4.66. The third kappa shape index (κ3) is 1.41. The van der Waals surface area contributed by atoms with Crippen LogP contribution in [0, 0.1) is 23.7 Å². The van der Waals surface area contributed by atoms with Crippen LogP contribution in [0.3, 0.4) is 0 Å². The smallest absolute Gasteiger partial charge is 0.184 e. The summed E-state index contributed by atoms with van der Waals surface area (Å²) in [5, 5.41) is 4.78. The van der Waals surface area contributed by atoms with Crippen LogP contribution < -0.4 is 11.1 Å².